The van der Waals surface area contributed by atoms with Crippen molar-refractivity contribution in [3.63, 3.8) is 0 Å². The molecule has 0 spiro atoms. The van der Waals surface area contributed by atoms with Crippen molar-refractivity contribution >= 4 is 11.9 Å². The summed E-state index contributed by atoms with van der Waals surface area (Å²) in [5.74, 6) is -1.66. The van der Waals surface area contributed by atoms with E-state index in [4.69, 9.17) is 0 Å². The molecule has 0 fully saturated rings. The van der Waals surface area contributed by atoms with E-state index in [9.17, 15) is 14.0 Å². The number of carbonyl (C=O) groups is 2. The standard InChI is InChI=1S/C14H15FN4O3/c1-9-3-4-11(15)10(7-9)13(20)16-5-6-19-8-12(17-18-19)14(21)22-2/h3-4,7-8H,5-6H2,1-2H3,(H,16,20). The molecule has 1 aromatic carbocycles. The van der Waals surface area contributed by atoms with Gasteiger partial charge in [0, 0.05) is 6.54 Å². The van der Waals surface area contributed by atoms with Gasteiger partial charge in [-0.05, 0) is 19.1 Å². The molecule has 0 aliphatic heterocycles. The lowest BCUT2D eigenvalue weighted by atomic mass is 10.1. The van der Waals surface area contributed by atoms with E-state index < -0.39 is 17.7 Å². The molecule has 1 amide bonds. The predicted molar refractivity (Wildman–Crippen MR) is 74.8 cm³/mol. The highest BCUT2D eigenvalue weighted by Crippen LogP contribution is 2.09. The fraction of sp³-hybridized carbons (Fsp3) is 0.286. The summed E-state index contributed by atoms with van der Waals surface area (Å²) in [6.07, 6.45) is 1.41. The van der Waals surface area contributed by atoms with Crippen LogP contribution in [0.1, 0.15) is 26.4 Å². The third-order valence-electron chi connectivity index (χ3n) is 2.93. The Bertz CT molecular complexity index is 699. The molecule has 7 nitrogen and oxygen atoms in total. The van der Waals surface area contributed by atoms with Crippen LogP contribution in [-0.4, -0.2) is 40.5 Å². The van der Waals surface area contributed by atoms with Gasteiger partial charge in [-0.25, -0.2) is 13.9 Å². The van der Waals surface area contributed by atoms with Crippen molar-refractivity contribution in [1.29, 1.82) is 0 Å². The number of aromatic nitrogens is 3. The molecule has 0 atom stereocenters. The molecule has 0 unspecified atom stereocenters. The highest BCUT2D eigenvalue weighted by molar-refractivity contribution is 5.94. The van der Waals surface area contributed by atoms with Gasteiger partial charge in [0.05, 0.1) is 25.4 Å². The Morgan fingerprint density at radius 1 is 1.41 bits per heavy atom. The molecule has 22 heavy (non-hydrogen) atoms. The molecule has 1 aromatic heterocycles. The molecule has 0 saturated heterocycles. The largest absolute Gasteiger partial charge is 0.464 e. The number of hydrogen-bond acceptors (Lipinski definition) is 5. The topological polar surface area (TPSA) is 86.1 Å². The minimum Gasteiger partial charge on any atom is -0.464 e. The van der Waals surface area contributed by atoms with E-state index in [-0.39, 0.29) is 17.8 Å². The molecule has 0 aliphatic carbocycles. The number of carbonyl (C=O) groups excluding carboxylic acids is 2. The van der Waals surface area contributed by atoms with Crippen LogP contribution in [0.25, 0.3) is 0 Å². The summed E-state index contributed by atoms with van der Waals surface area (Å²) in [7, 11) is 1.25. The van der Waals surface area contributed by atoms with Crippen molar-refractivity contribution in [3.05, 3.63) is 47.0 Å². The molecule has 0 aliphatic rings. The molecule has 0 bridgehead atoms. The highest BCUT2D eigenvalue weighted by atomic mass is 19.1. The van der Waals surface area contributed by atoms with Crippen molar-refractivity contribution in [2.24, 2.45) is 0 Å². The fourth-order valence-electron chi connectivity index (χ4n) is 1.80. The average Bonchev–Trinajstić information content (AvgIpc) is 2.97. The smallest absolute Gasteiger partial charge is 0.360 e. The maximum atomic E-state index is 13.6. The Morgan fingerprint density at radius 3 is 2.91 bits per heavy atom. The van der Waals surface area contributed by atoms with Crippen LogP contribution in [0, 0.1) is 12.7 Å². The third-order valence-corrected chi connectivity index (χ3v) is 2.93. The maximum absolute atomic E-state index is 13.6. The SMILES string of the molecule is COC(=O)c1cn(CCNC(=O)c2cc(C)ccc2F)nn1. The first kappa shape index (κ1) is 15.6. The number of nitrogens with zero attached hydrogens (tertiary/aromatic N) is 3. The molecule has 116 valence electrons. The number of amides is 1. The number of rotatable bonds is 5. The summed E-state index contributed by atoms with van der Waals surface area (Å²) < 4.78 is 19.5. The number of halogens is 1. The lowest BCUT2D eigenvalue weighted by molar-refractivity contribution is 0.0593. The molecule has 0 radical (unpaired) electrons. The van der Waals surface area contributed by atoms with E-state index in [1.54, 1.807) is 13.0 Å². The van der Waals surface area contributed by atoms with E-state index >= 15 is 0 Å². The Morgan fingerprint density at radius 2 is 2.18 bits per heavy atom. The third kappa shape index (κ3) is 3.66. The lowest BCUT2D eigenvalue weighted by Crippen LogP contribution is -2.28. The normalized spacial score (nSPS) is 10.3. The first-order valence-electron chi connectivity index (χ1n) is 6.54. The molecule has 0 saturated carbocycles. The fourth-order valence-corrected chi connectivity index (χ4v) is 1.80. The number of benzene rings is 1. The molecule has 1 N–H and O–H groups in total. The van der Waals surface area contributed by atoms with Crippen molar-refractivity contribution in [3.8, 4) is 0 Å². The van der Waals surface area contributed by atoms with Gasteiger partial charge in [-0.15, -0.1) is 5.10 Å². The van der Waals surface area contributed by atoms with Crippen LogP contribution in [0.4, 0.5) is 4.39 Å². The summed E-state index contributed by atoms with van der Waals surface area (Å²) in [4.78, 5) is 23.1. The van der Waals surface area contributed by atoms with Gasteiger partial charge in [-0.3, -0.25) is 4.79 Å². The van der Waals surface area contributed by atoms with E-state index in [0.717, 1.165) is 5.56 Å². The van der Waals surface area contributed by atoms with Crippen molar-refractivity contribution < 1.29 is 18.7 Å². The minimum absolute atomic E-state index is 0.00570. The van der Waals surface area contributed by atoms with Crippen molar-refractivity contribution in [1.82, 2.24) is 20.3 Å². The van der Waals surface area contributed by atoms with Gasteiger partial charge in [0.25, 0.3) is 5.91 Å². The molecule has 1 heterocycles. The van der Waals surface area contributed by atoms with Gasteiger partial charge >= 0.3 is 5.97 Å². The number of ether oxygens (including phenoxy) is 1. The predicted octanol–water partition coefficient (Wildman–Crippen LogP) is 0.942. The number of methoxy groups -OCH3 is 1. The maximum Gasteiger partial charge on any atom is 0.360 e. The Kier molecular flexibility index (Phi) is 4.82. The van der Waals surface area contributed by atoms with Gasteiger partial charge < -0.3 is 10.1 Å². The monoisotopic (exact) mass is 306 g/mol. The van der Waals surface area contributed by atoms with E-state index in [2.05, 4.69) is 20.4 Å². The van der Waals surface area contributed by atoms with Gasteiger partial charge in [-0.2, -0.15) is 0 Å². The number of hydrogen-bond donors (Lipinski definition) is 1. The first-order valence-corrected chi connectivity index (χ1v) is 6.54. The second-order valence-corrected chi connectivity index (χ2v) is 4.60. The van der Waals surface area contributed by atoms with E-state index in [1.807, 2.05) is 0 Å². The Hall–Kier alpha value is -2.77. The van der Waals surface area contributed by atoms with Crippen molar-refractivity contribution in [2.75, 3.05) is 13.7 Å². The first-order chi connectivity index (χ1) is 10.5. The van der Waals surface area contributed by atoms with Crippen LogP contribution in [0.2, 0.25) is 0 Å². The zero-order chi connectivity index (χ0) is 16.1. The zero-order valence-electron chi connectivity index (χ0n) is 12.2. The van der Waals surface area contributed by atoms with Crippen LogP contribution in [0.15, 0.2) is 24.4 Å². The molecule has 2 aromatic rings. The molecular formula is C14H15FN4O3. The Balaban J connectivity index is 1.90. The van der Waals surface area contributed by atoms with E-state index in [1.165, 1.54) is 30.1 Å². The lowest BCUT2D eigenvalue weighted by Gasteiger charge is -2.06. The van der Waals surface area contributed by atoms with Crippen LogP contribution in [-0.2, 0) is 11.3 Å². The van der Waals surface area contributed by atoms with Gasteiger partial charge in [0.15, 0.2) is 5.69 Å². The summed E-state index contributed by atoms with van der Waals surface area (Å²) in [6.45, 7) is 2.29. The van der Waals surface area contributed by atoms with Crippen LogP contribution in [0.5, 0.6) is 0 Å². The van der Waals surface area contributed by atoms with Gasteiger partial charge in [-0.1, -0.05) is 16.8 Å². The molecule has 8 heteroatoms. The van der Waals surface area contributed by atoms with Crippen LogP contribution < -0.4 is 5.32 Å². The van der Waals surface area contributed by atoms with Gasteiger partial charge in [0.1, 0.15) is 5.82 Å². The summed E-state index contributed by atoms with van der Waals surface area (Å²) in [6, 6.07) is 4.33. The highest BCUT2D eigenvalue weighted by Gasteiger charge is 2.12. The number of nitrogens with one attached hydrogen (secondary N) is 1. The zero-order valence-corrected chi connectivity index (χ0v) is 12.2. The number of aryl methyl sites for hydroxylation is 1. The Labute approximate surface area is 126 Å². The summed E-state index contributed by atoms with van der Waals surface area (Å²) >= 11 is 0. The molecule has 2 rings (SSSR count). The van der Waals surface area contributed by atoms with Crippen molar-refractivity contribution in [2.45, 2.75) is 13.5 Å². The van der Waals surface area contributed by atoms with Gasteiger partial charge in [0.2, 0.25) is 0 Å². The van der Waals surface area contributed by atoms with E-state index in [0.29, 0.717) is 6.54 Å². The van der Waals surface area contributed by atoms with Crippen LogP contribution >= 0.6 is 0 Å². The summed E-state index contributed by atoms with van der Waals surface area (Å²) in [5, 5.41) is 9.95. The average molecular weight is 306 g/mol. The second-order valence-electron chi connectivity index (χ2n) is 4.60. The summed E-state index contributed by atoms with van der Waals surface area (Å²) in [5.41, 5.74) is 0.873. The molecular weight excluding hydrogens is 291 g/mol. The number of esters is 1. The second kappa shape index (κ2) is 6.79. The quantitative estimate of drug-likeness (QED) is 0.831. The van der Waals surface area contributed by atoms with Crippen LogP contribution in [0.3, 0.4) is 0 Å². The minimum atomic E-state index is -0.586.